The lowest BCUT2D eigenvalue weighted by Gasteiger charge is -2.20. The van der Waals surface area contributed by atoms with E-state index in [4.69, 9.17) is 23.2 Å². The second kappa shape index (κ2) is 10.0. The number of hydrogen-bond donors (Lipinski definition) is 2. The minimum Gasteiger partial charge on any atom is -0.372 e. The Hall–Kier alpha value is -2.48. The highest BCUT2D eigenvalue weighted by molar-refractivity contribution is 8.18. The first-order valence-corrected chi connectivity index (χ1v) is 10.9. The first kappa shape index (κ1) is 22.2. The van der Waals surface area contributed by atoms with Crippen molar-refractivity contribution >= 4 is 63.7 Å². The molecule has 1 saturated heterocycles. The van der Waals surface area contributed by atoms with Gasteiger partial charge >= 0.3 is 0 Å². The minimum absolute atomic E-state index is 0.219. The van der Waals surface area contributed by atoms with Crippen LogP contribution in [0.4, 0.5) is 5.69 Å². The maximum atomic E-state index is 12.2. The van der Waals surface area contributed by atoms with Crippen molar-refractivity contribution in [3.63, 3.8) is 0 Å². The van der Waals surface area contributed by atoms with Crippen LogP contribution in [0.5, 0.6) is 0 Å². The zero-order valence-corrected chi connectivity index (χ0v) is 18.7. The van der Waals surface area contributed by atoms with E-state index in [0.717, 1.165) is 36.1 Å². The summed E-state index contributed by atoms with van der Waals surface area (Å²) in [5, 5.41) is 7.54. The van der Waals surface area contributed by atoms with Crippen LogP contribution in [0.1, 0.15) is 29.8 Å². The Morgan fingerprint density at radius 2 is 1.87 bits per heavy atom. The fraction of sp³-hybridized carbons (Fsp3) is 0.190. The average Bonchev–Trinajstić information content (AvgIpc) is 3.07. The molecule has 2 aromatic carbocycles. The molecule has 1 aliphatic rings. The fourth-order valence-electron chi connectivity index (χ4n) is 2.84. The number of halogens is 2. The quantitative estimate of drug-likeness (QED) is 0.479. The number of nitrogens with one attached hydrogen (secondary N) is 2. The van der Waals surface area contributed by atoms with Crippen LogP contribution in [0, 0.1) is 0 Å². The maximum absolute atomic E-state index is 12.2. The van der Waals surface area contributed by atoms with Crippen molar-refractivity contribution in [1.82, 2.24) is 10.7 Å². The van der Waals surface area contributed by atoms with Gasteiger partial charge in [-0.3, -0.25) is 14.9 Å². The van der Waals surface area contributed by atoms with E-state index in [1.54, 1.807) is 12.1 Å². The molecule has 0 bridgehead atoms. The molecule has 30 heavy (non-hydrogen) atoms. The van der Waals surface area contributed by atoms with Crippen molar-refractivity contribution in [2.75, 3.05) is 18.0 Å². The molecule has 6 nitrogen and oxygen atoms in total. The highest BCUT2D eigenvalue weighted by Gasteiger charge is 2.24. The third kappa shape index (κ3) is 5.36. The average molecular weight is 463 g/mol. The van der Waals surface area contributed by atoms with Crippen LogP contribution >= 0.6 is 35.0 Å². The van der Waals surface area contributed by atoms with E-state index >= 15 is 0 Å². The summed E-state index contributed by atoms with van der Waals surface area (Å²) in [6, 6.07) is 12.5. The van der Waals surface area contributed by atoms with Gasteiger partial charge in [0.25, 0.3) is 11.8 Å². The van der Waals surface area contributed by atoms with Crippen LogP contribution in [0.25, 0.3) is 6.08 Å². The van der Waals surface area contributed by atoms with Crippen LogP contribution in [-0.2, 0) is 4.79 Å². The summed E-state index contributed by atoms with van der Waals surface area (Å²) in [5.74, 6) is -0.770. The molecular formula is C21H20Cl2N4O2S. The molecule has 0 spiro atoms. The largest absolute Gasteiger partial charge is 0.372 e. The van der Waals surface area contributed by atoms with E-state index in [1.807, 2.05) is 24.3 Å². The van der Waals surface area contributed by atoms with E-state index < -0.39 is 5.91 Å². The van der Waals surface area contributed by atoms with Gasteiger partial charge in [-0.15, -0.1) is 5.10 Å². The molecule has 2 aromatic rings. The highest BCUT2D eigenvalue weighted by atomic mass is 35.5. The number of anilines is 1. The molecule has 1 aliphatic heterocycles. The van der Waals surface area contributed by atoms with Gasteiger partial charge in [-0.1, -0.05) is 35.3 Å². The smallest absolute Gasteiger partial charge is 0.272 e. The molecule has 0 unspecified atom stereocenters. The van der Waals surface area contributed by atoms with Crippen molar-refractivity contribution in [3.8, 4) is 0 Å². The molecule has 0 aliphatic carbocycles. The van der Waals surface area contributed by atoms with Gasteiger partial charge in [0.15, 0.2) is 5.17 Å². The van der Waals surface area contributed by atoms with E-state index in [2.05, 4.69) is 34.6 Å². The molecule has 3 rings (SSSR count). The molecule has 2 amide bonds. The Bertz CT molecular complexity index is 1020. The van der Waals surface area contributed by atoms with Gasteiger partial charge in [0.05, 0.1) is 15.5 Å². The molecule has 0 atom stereocenters. The molecule has 0 saturated carbocycles. The summed E-state index contributed by atoms with van der Waals surface area (Å²) in [7, 11) is 0. The molecule has 1 heterocycles. The lowest BCUT2D eigenvalue weighted by Crippen LogP contribution is -2.25. The number of carbonyl (C=O) groups excluding carboxylic acids is 2. The van der Waals surface area contributed by atoms with Gasteiger partial charge in [-0.2, -0.15) is 0 Å². The predicted molar refractivity (Wildman–Crippen MR) is 125 cm³/mol. The number of carbonyl (C=O) groups is 2. The lowest BCUT2D eigenvalue weighted by molar-refractivity contribution is -0.115. The Morgan fingerprint density at radius 3 is 2.50 bits per heavy atom. The molecule has 156 valence electrons. The molecule has 2 N–H and O–H groups in total. The summed E-state index contributed by atoms with van der Waals surface area (Å²) in [6.07, 6.45) is 1.78. The van der Waals surface area contributed by atoms with Gasteiger partial charge in [0.2, 0.25) is 0 Å². The number of hydrazone groups is 1. The molecular weight excluding hydrogens is 443 g/mol. The number of hydrogen-bond acceptors (Lipinski definition) is 5. The van der Waals surface area contributed by atoms with E-state index in [-0.39, 0.29) is 21.7 Å². The van der Waals surface area contributed by atoms with Gasteiger partial charge in [-0.25, -0.2) is 5.43 Å². The summed E-state index contributed by atoms with van der Waals surface area (Å²) in [6.45, 7) is 6.09. The SMILES string of the molecule is CCN(CC)c1ccc(C=C2SC(=NNC(=O)c3ccc(Cl)cc3Cl)NC2=O)cc1. The third-order valence-electron chi connectivity index (χ3n) is 4.41. The van der Waals surface area contributed by atoms with Gasteiger partial charge < -0.3 is 4.90 Å². The first-order chi connectivity index (χ1) is 14.4. The second-order valence-electron chi connectivity index (χ2n) is 6.31. The molecule has 1 fully saturated rings. The van der Waals surface area contributed by atoms with Crippen molar-refractivity contribution in [1.29, 1.82) is 0 Å². The number of amides is 2. The number of thioether (sulfide) groups is 1. The zero-order valence-electron chi connectivity index (χ0n) is 16.4. The number of benzene rings is 2. The van der Waals surface area contributed by atoms with Crippen molar-refractivity contribution in [2.45, 2.75) is 13.8 Å². The van der Waals surface area contributed by atoms with Gasteiger partial charge in [0.1, 0.15) is 0 Å². The first-order valence-electron chi connectivity index (χ1n) is 9.30. The normalized spacial score (nSPS) is 16.1. The van der Waals surface area contributed by atoms with Gasteiger partial charge in [0, 0.05) is 23.8 Å². The number of rotatable bonds is 6. The Balaban J connectivity index is 1.67. The van der Waals surface area contributed by atoms with E-state index in [9.17, 15) is 9.59 Å². The summed E-state index contributed by atoms with van der Waals surface area (Å²) < 4.78 is 0. The summed E-state index contributed by atoms with van der Waals surface area (Å²) in [5.41, 5.74) is 4.67. The predicted octanol–water partition coefficient (Wildman–Crippen LogP) is 4.74. The Labute approximate surface area is 189 Å². The summed E-state index contributed by atoms with van der Waals surface area (Å²) >= 11 is 13.0. The molecule has 0 radical (unpaired) electrons. The van der Waals surface area contributed by atoms with Crippen LogP contribution in [-0.4, -0.2) is 30.1 Å². The zero-order chi connectivity index (χ0) is 21.7. The standard InChI is InChI=1S/C21H20Cl2N4O2S/c1-3-27(4-2)15-8-5-13(6-9-15)11-18-20(29)24-21(30-18)26-25-19(28)16-10-7-14(22)12-17(16)23/h5-12H,3-4H2,1-2H3,(H,25,28)(H,24,26,29). The highest BCUT2D eigenvalue weighted by Crippen LogP contribution is 2.27. The van der Waals surface area contributed by atoms with Crippen LogP contribution < -0.4 is 15.6 Å². The monoisotopic (exact) mass is 462 g/mol. The van der Waals surface area contributed by atoms with Crippen LogP contribution in [0.3, 0.4) is 0 Å². The molecule has 0 aromatic heterocycles. The number of amidine groups is 1. The minimum atomic E-state index is -0.497. The van der Waals surface area contributed by atoms with Crippen molar-refractivity contribution in [2.24, 2.45) is 5.10 Å². The van der Waals surface area contributed by atoms with E-state index in [1.165, 1.54) is 12.1 Å². The fourth-order valence-corrected chi connectivity index (χ4v) is 4.11. The van der Waals surface area contributed by atoms with Crippen LogP contribution in [0.2, 0.25) is 10.0 Å². The second-order valence-corrected chi connectivity index (χ2v) is 8.18. The van der Waals surface area contributed by atoms with Crippen molar-refractivity contribution in [3.05, 3.63) is 68.5 Å². The van der Waals surface area contributed by atoms with Crippen LogP contribution in [0.15, 0.2) is 52.5 Å². The summed E-state index contributed by atoms with van der Waals surface area (Å²) in [4.78, 5) is 27.2. The van der Waals surface area contributed by atoms with Crippen molar-refractivity contribution < 1.29 is 9.59 Å². The number of nitrogens with zero attached hydrogens (tertiary/aromatic N) is 2. The molecule has 9 heteroatoms. The topological polar surface area (TPSA) is 73.8 Å². The maximum Gasteiger partial charge on any atom is 0.272 e. The lowest BCUT2D eigenvalue weighted by atomic mass is 10.2. The Morgan fingerprint density at radius 1 is 1.17 bits per heavy atom. The Kier molecular flexibility index (Phi) is 7.42. The third-order valence-corrected chi connectivity index (χ3v) is 5.86. The van der Waals surface area contributed by atoms with E-state index in [0.29, 0.717) is 9.93 Å². The van der Waals surface area contributed by atoms with Gasteiger partial charge in [-0.05, 0) is 67.6 Å².